The minimum atomic E-state index is -0.507. The molecule has 35 heavy (non-hydrogen) atoms. The number of hydrogen-bond donors (Lipinski definition) is 0. The van der Waals surface area contributed by atoms with Crippen LogP contribution in [0.25, 0.3) is 24.3 Å². The Labute approximate surface area is 204 Å². The van der Waals surface area contributed by atoms with E-state index in [2.05, 4.69) is 13.2 Å². The molecule has 3 rings (SSSR count). The zero-order valence-corrected chi connectivity index (χ0v) is 19.6. The quantitative estimate of drug-likeness (QED) is 0.153. The van der Waals surface area contributed by atoms with Gasteiger partial charge < -0.3 is 9.47 Å². The standard InChI is InChI=1S/C30H25FO4/c1-20(2)29(32)34-26-10-7-8-22(18-26)12-15-24-16-13-23(19-27(24)31)14-17-25-9-5-6-11-28(25)35-30(33)21(3)4/h5-19H,1,3H2,2,4H3. The summed E-state index contributed by atoms with van der Waals surface area (Å²) < 4.78 is 25.3. The monoisotopic (exact) mass is 468 g/mol. The molecule has 0 aromatic heterocycles. The van der Waals surface area contributed by atoms with Gasteiger partial charge in [-0.2, -0.15) is 0 Å². The number of ether oxygens (including phenoxy) is 2. The number of rotatable bonds is 8. The van der Waals surface area contributed by atoms with Crippen LogP contribution in [0.4, 0.5) is 4.39 Å². The maximum absolute atomic E-state index is 14.7. The Morgan fingerprint density at radius 3 is 2.03 bits per heavy atom. The second-order valence-corrected chi connectivity index (χ2v) is 7.90. The molecule has 0 heterocycles. The van der Waals surface area contributed by atoms with Crippen LogP contribution in [0.3, 0.4) is 0 Å². The summed E-state index contributed by atoms with van der Waals surface area (Å²) in [4.78, 5) is 23.5. The van der Waals surface area contributed by atoms with Gasteiger partial charge in [0, 0.05) is 22.3 Å². The van der Waals surface area contributed by atoms with E-state index < -0.39 is 17.8 Å². The summed E-state index contributed by atoms with van der Waals surface area (Å²) in [5.74, 6) is -0.622. The van der Waals surface area contributed by atoms with Crippen LogP contribution in [-0.2, 0) is 9.59 Å². The minimum Gasteiger partial charge on any atom is -0.423 e. The predicted octanol–water partition coefficient (Wildman–Crippen LogP) is 7.13. The number of carbonyl (C=O) groups is 2. The second kappa shape index (κ2) is 11.6. The molecule has 176 valence electrons. The first-order valence-electron chi connectivity index (χ1n) is 10.8. The molecule has 5 heteroatoms. The molecule has 4 nitrogen and oxygen atoms in total. The van der Waals surface area contributed by atoms with Crippen LogP contribution in [0, 0.1) is 5.82 Å². The van der Waals surface area contributed by atoms with Crippen molar-refractivity contribution in [1.82, 2.24) is 0 Å². The third-order valence-corrected chi connectivity index (χ3v) is 4.82. The summed E-state index contributed by atoms with van der Waals surface area (Å²) in [6, 6.07) is 18.9. The van der Waals surface area contributed by atoms with Gasteiger partial charge in [0.25, 0.3) is 0 Å². The molecular formula is C30H25FO4. The van der Waals surface area contributed by atoms with E-state index in [1.807, 2.05) is 12.1 Å². The first-order chi connectivity index (χ1) is 16.7. The highest BCUT2D eigenvalue weighted by Crippen LogP contribution is 2.23. The van der Waals surface area contributed by atoms with E-state index >= 15 is 0 Å². The summed E-state index contributed by atoms with van der Waals surface area (Å²) in [5.41, 5.74) is 3.09. The number of esters is 2. The van der Waals surface area contributed by atoms with Crippen molar-refractivity contribution >= 4 is 36.2 Å². The molecule has 0 aliphatic rings. The summed E-state index contributed by atoms with van der Waals surface area (Å²) in [6.45, 7) is 10.3. The summed E-state index contributed by atoms with van der Waals surface area (Å²) in [5, 5.41) is 0. The number of hydrogen-bond acceptors (Lipinski definition) is 4. The molecule has 0 aliphatic carbocycles. The SMILES string of the molecule is C=C(C)C(=O)Oc1cccc(C=Cc2ccc(C=Cc3ccccc3OC(=O)C(=C)C)cc2F)c1. The van der Waals surface area contributed by atoms with Crippen molar-refractivity contribution in [1.29, 1.82) is 0 Å². The van der Waals surface area contributed by atoms with Gasteiger partial charge in [-0.1, -0.05) is 79.9 Å². The van der Waals surface area contributed by atoms with E-state index in [-0.39, 0.29) is 0 Å². The smallest absolute Gasteiger partial charge is 0.338 e. The largest absolute Gasteiger partial charge is 0.423 e. The van der Waals surface area contributed by atoms with Gasteiger partial charge >= 0.3 is 11.9 Å². The van der Waals surface area contributed by atoms with Crippen LogP contribution in [0.5, 0.6) is 11.5 Å². The molecule has 0 bridgehead atoms. The lowest BCUT2D eigenvalue weighted by molar-refractivity contribution is -0.130. The molecule has 0 radical (unpaired) electrons. The average Bonchev–Trinajstić information content (AvgIpc) is 2.83. The van der Waals surface area contributed by atoms with E-state index in [0.717, 1.165) is 5.56 Å². The summed E-state index contributed by atoms with van der Waals surface area (Å²) in [7, 11) is 0. The fourth-order valence-electron chi connectivity index (χ4n) is 2.93. The first kappa shape index (κ1) is 25.1. The molecule has 0 spiro atoms. The van der Waals surface area contributed by atoms with Gasteiger partial charge in [0.05, 0.1) is 0 Å². The molecule has 0 aliphatic heterocycles. The lowest BCUT2D eigenvalue weighted by Gasteiger charge is -2.07. The lowest BCUT2D eigenvalue weighted by atomic mass is 10.1. The molecule has 0 atom stereocenters. The van der Waals surface area contributed by atoms with E-state index in [1.165, 1.54) is 6.07 Å². The molecular weight excluding hydrogens is 443 g/mol. The van der Waals surface area contributed by atoms with E-state index in [1.54, 1.807) is 86.7 Å². The first-order valence-corrected chi connectivity index (χ1v) is 10.8. The van der Waals surface area contributed by atoms with Crippen molar-refractivity contribution in [3.8, 4) is 11.5 Å². The van der Waals surface area contributed by atoms with Crippen LogP contribution in [-0.4, -0.2) is 11.9 Å². The number of carbonyl (C=O) groups excluding carboxylic acids is 2. The van der Waals surface area contributed by atoms with Gasteiger partial charge in [0.2, 0.25) is 0 Å². The van der Waals surface area contributed by atoms with Gasteiger partial charge in [0.15, 0.2) is 0 Å². The van der Waals surface area contributed by atoms with Crippen LogP contribution < -0.4 is 9.47 Å². The lowest BCUT2D eigenvalue weighted by Crippen LogP contribution is -2.08. The summed E-state index contributed by atoms with van der Waals surface area (Å²) >= 11 is 0. The van der Waals surface area contributed by atoms with Crippen molar-refractivity contribution in [3.63, 3.8) is 0 Å². The van der Waals surface area contributed by atoms with Gasteiger partial charge in [-0.25, -0.2) is 14.0 Å². The highest BCUT2D eigenvalue weighted by atomic mass is 19.1. The maximum Gasteiger partial charge on any atom is 0.338 e. The van der Waals surface area contributed by atoms with Crippen molar-refractivity contribution in [2.45, 2.75) is 13.8 Å². The second-order valence-electron chi connectivity index (χ2n) is 7.90. The Balaban J connectivity index is 1.73. The Kier molecular flexibility index (Phi) is 8.30. The van der Waals surface area contributed by atoms with E-state index in [9.17, 15) is 14.0 Å². The van der Waals surface area contributed by atoms with Crippen molar-refractivity contribution in [2.75, 3.05) is 0 Å². The zero-order chi connectivity index (χ0) is 25.4. The molecule has 0 amide bonds. The Morgan fingerprint density at radius 2 is 1.34 bits per heavy atom. The summed E-state index contributed by atoms with van der Waals surface area (Å²) in [6.07, 6.45) is 6.87. The van der Waals surface area contributed by atoms with Crippen molar-refractivity contribution < 1.29 is 23.5 Å². The Bertz CT molecular complexity index is 1350. The van der Waals surface area contributed by atoms with Crippen LogP contribution >= 0.6 is 0 Å². The maximum atomic E-state index is 14.7. The van der Waals surface area contributed by atoms with Crippen LogP contribution in [0.2, 0.25) is 0 Å². The highest BCUT2D eigenvalue weighted by Gasteiger charge is 2.08. The van der Waals surface area contributed by atoms with Gasteiger partial charge in [-0.3, -0.25) is 0 Å². The third kappa shape index (κ3) is 7.24. The zero-order valence-electron chi connectivity index (χ0n) is 19.6. The Hall–Kier alpha value is -4.51. The number of para-hydroxylation sites is 1. The Morgan fingerprint density at radius 1 is 0.714 bits per heavy atom. The molecule has 0 unspecified atom stereocenters. The third-order valence-electron chi connectivity index (χ3n) is 4.82. The fraction of sp³-hybridized carbons (Fsp3) is 0.0667. The van der Waals surface area contributed by atoms with Crippen molar-refractivity contribution in [3.05, 3.63) is 119 Å². The van der Waals surface area contributed by atoms with Gasteiger partial charge in [0.1, 0.15) is 17.3 Å². The molecule has 0 N–H and O–H groups in total. The van der Waals surface area contributed by atoms with Gasteiger partial charge in [-0.05, 0) is 49.2 Å². The highest BCUT2D eigenvalue weighted by molar-refractivity contribution is 5.90. The van der Waals surface area contributed by atoms with Crippen LogP contribution in [0.1, 0.15) is 36.1 Å². The minimum absolute atomic E-state index is 0.300. The van der Waals surface area contributed by atoms with Gasteiger partial charge in [-0.15, -0.1) is 0 Å². The normalized spacial score (nSPS) is 10.9. The fourth-order valence-corrected chi connectivity index (χ4v) is 2.93. The molecule has 0 fully saturated rings. The topological polar surface area (TPSA) is 52.6 Å². The molecule has 3 aromatic rings. The molecule has 0 saturated carbocycles. The van der Waals surface area contributed by atoms with Crippen LogP contribution in [0.15, 0.2) is 91.0 Å². The predicted molar refractivity (Wildman–Crippen MR) is 138 cm³/mol. The molecule has 3 aromatic carbocycles. The molecule has 0 saturated heterocycles. The number of benzene rings is 3. The average molecular weight is 469 g/mol. The van der Waals surface area contributed by atoms with E-state index in [4.69, 9.17) is 9.47 Å². The van der Waals surface area contributed by atoms with E-state index in [0.29, 0.717) is 39.3 Å². The van der Waals surface area contributed by atoms with Crippen molar-refractivity contribution in [2.24, 2.45) is 0 Å². The number of halogens is 1.